The third kappa shape index (κ3) is 10.9. The van der Waals surface area contributed by atoms with Crippen molar-refractivity contribution in [2.75, 3.05) is 20.3 Å². The number of esters is 1. The fourth-order valence-electron chi connectivity index (χ4n) is 5.37. The summed E-state index contributed by atoms with van der Waals surface area (Å²) in [7, 11) is 1.59. The maximum Gasteiger partial charge on any atom is 0.302 e. The molecule has 0 aromatic rings. The van der Waals surface area contributed by atoms with Gasteiger partial charge < -0.3 is 39.5 Å². The molecule has 0 radical (unpaired) electrons. The second-order valence-electron chi connectivity index (χ2n) is 11.8. The number of aliphatic hydroxyl groups excluding tert-OH is 4. The van der Waals surface area contributed by atoms with Crippen molar-refractivity contribution in [1.29, 1.82) is 0 Å². The fraction of sp³-hybridized carbons (Fsp3) is 0.839. The van der Waals surface area contributed by atoms with Gasteiger partial charge in [0.2, 0.25) is 0 Å². The van der Waals surface area contributed by atoms with Gasteiger partial charge >= 0.3 is 5.97 Å². The lowest BCUT2D eigenvalue weighted by Gasteiger charge is -2.39. The molecular formula is C31H53NO10. The highest BCUT2D eigenvalue weighted by atomic mass is 16.7. The normalized spacial score (nSPS) is 28.3. The summed E-state index contributed by atoms with van der Waals surface area (Å²) in [5, 5.41) is 40.6. The first-order valence-electron chi connectivity index (χ1n) is 15.7. The van der Waals surface area contributed by atoms with E-state index in [4.69, 9.17) is 14.2 Å². The molecule has 2 rings (SSSR count). The fourth-order valence-corrected chi connectivity index (χ4v) is 5.37. The lowest BCUT2D eigenvalue weighted by atomic mass is 9.95. The van der Waals surface area contributed by atoms with Crippen LogP contribution in [-0.2, 0) is 28.6 Å². The smallest absolute Gasteiger partial charge is 0.302 e. The number of aliphatic hydroxyl groups is 4. The number of ether oxygens (including phenoxy) is 3. The van der Waals surface area contributed by atoms with Crippen LogP contribution >= 0.6 is 0 Å². The van der Waals surface area contributed by atoms with Gasteiger partial charge in [-0.3, -0.25) is 14.4 Å². The Balaban J connectivity index is 1.44. The first-order valence-corrected chi connectivity index (χ1v) is 15.7. The largest absolute Gasteiger partial charge is 0.511 e. The van der Waals surface area contributed by atoms with Gasteiger partial charge in [-0.25, -0.2) is 0 Å². The molecule has 0 saturated carbocycles. The van der Waals surface area contributed by atoms with E-state index < -0.39 is 42.7 Å². The molecule has 11 heteroatoms. The van der Waals surface area contributed by atoms with Gasteiger partial charge in [0.05, 0.1) is 6.04 Å². The molecule has 0 spiro atoms. The van der Waals surface area contributed by atoms with Gasteiger partial charge in [0, 0.05) is 26.5 Å². The summed E-state index contributed by atoms with van der Waals surface area (Å²) in [4.78, 5) is 36.9. The molecule has 2 heterocycles. The Morgan fingerprint density at radius 2 is 1.40 bits per heavy atom. The molecule has 2 unspecified atom stereocenters. The minimum Gasteiger partial charge on any atom is -0.511 e. The Kier molecular flexibility index (Phi) is 16.0. The summed E-state index contributed by atoms with van der Waals surface area (Å²) < 4.78 is 15.9. The Labute approximate surface area is 250 Å². The number of rotatable bonds is 19. The highest BCUT2D eigenvalue weighted by Gasteiger charge is 2.44. The SMILES string of the molecule is CC(=O)OC[C@H]1O[C@@H](OCCCCCCCCCCCCCCC(C)C(O)=C2C(=O)C(C)N(C)C2=O)[C@@H](O)[C@@H](O)[C@@H]1O. The number of hydrogen-bond acceptors (Lipinski definition) is 10. The van der Waals surface area contributed by atoms with Crippen molar-refractivity contribution in [2.24, 2.45) is 5.92 Å². The van der Waals surface area contributed by atoms with Crippen molar-refractivity contribution in [1.82, 2.24) is 4.90 Å². The second kappa shape index (κ2) is 18.6. The van der Waals surface area contributed by atoms with Crippen LogP contribution in [0.4, 0.5) is 0 Å². The van der Waals surface area contributed by atoms with Gasteiger partial charge in [-0.05, 0) is 19.8 Å². The van der Waals surface area contributed by atoms with Crippen LogP contribution in [0.2, 0.25) is 0 Å². The topological polar surface area (TPSA) is 163 Å². The molecule has 0 aliphatic carbocycles. The van der Waals surface area contributed by atoms with Crippen LogP contribution in [0.5, 0.6) is 0 Å². The summed E-state index contributed by atoms with van der Waals surface area (Å²) in [5.41, 5.74) is -0.0331. The molecule has 11 nitrogen and oxygen atoms in total. The molecule has 2 aliphatic rings. The predicted octanol–water partition coefficient (Wildman–Crippen LogP) is 3.32. The monoisotopic (exact) mass is 599 g/mol. The molecule has 0 aromatic carbocycles. The van der Waals surface area contributed by atoms with Gasteiger partial charge in [-0.15, -0.1) is 0 Å². The summed E-state index contributed by atoms with van der Waals surface area (Å²) in [6, 6.07) is -0.510. The van der Waals surface area contributed by atoms with Crippen LogP contribution < -0.4 is 0 Å². The molecule has 0 aromatic heterocycles. The minimum atomic E-state index is -1.44. The van der Waals surface area contributed by atoms with E-state index in [9.17, 15) is 34.8 Å². The van der Waals surface area contributed by atoms with Crippen LogP contribution in [0.3, 0.4) is 0 Å². The van der Waals surface area contributed by atoms with Crippen molar-refractivity contribution in [3.63, 3.8) is 0 Å². The highest BCUT2D eigenvalue weighted by Crippen LogP contribution is 2.27. The molecule has 2 fully saturated rings. The molecule has 1 amide bonds. The third-order valence-corrected chi connectivity index (χ3v) is 8.40. The molecule has 42 heavy (non-hydrogen) atoms. The number of unbranched alkanes of at least 4 members (excludes halogenated alkanes) is 11. The van der Waals surface area contributed by atoms with E-state index in [1.165, 1.54) is 43.9 Å². The molecule has 2 saturated heterocycles. The lowest BCUT2D eigenvalue weighted by Crippen LogP contribution is -2.59. The van der Waals surface area contributed by atoms with Crippen molar-refractivity contribution in [2.45, 2.75) is 141 Å². The van der Waals surface area contributed by atoms with Crippen molar-refractivity contribution >= 4 is 17.7 Å². The van der Waals surface area contributed by atoms with Crippen LogP contribution in [0, 0.1) is 5.92 Å². The summed E-state index contributed by atoms with van der Waals surface area (Å²) in [5.74, 6) is -1.45. The Morgan fingerprint density at radius 3 is 1.90 bits per heavy atom. The van der Waals surface area contributed by atoms with Crippen LogP contribution in [0.25, 0.3) is 0 Å². The van der Waals surface area contributed by atoms with E-state index in [-0.39, 0.29) is 35.5 Å². The number of nitrogens with zero attached hydrogens (tertiary/aromatic N) is 1. The number of carbonyl (C=O) groups excluding carboxylic acids is 3. The maximum atomic E-state index is 12.3. The van der Waals surface area contributed by atoms with E-state index in [0.29, 0.717) is 6.61 Å². The number of carbonyl (C=O) groups is 3. The van der Waals surface area contributed by atoms with Gasteiger partial charge in [0.1, 0.15) is 42.4 Å². The second-order valence-corrected chi connectivity index (χ2v) is 11.8. The zero-order valence-electron chi connectivity index (χ0n) is 25.8. The summed E-state index contributed by atoms with van der Waals surface area (Å²) in [6.45, 7) is 4.92. The van der Waals surface area contributed by atoms with E-state index in [0.717, 1.165) is 51.4 Å². The van der Waals surface area contributed by atoms with Gasteiger partial charge in [0.15, 0.2) is 12.1 Å². The number of hydrogen-bond donors (Lipinski definition) is 4. The molecule has 2 aliphatic heterocycles. The molecule has 0 bridgehead atoms. The van der Waals surface area contributed by atoms with Crippen LogP contribution in [-0.4, -0.2) is 100.0 Å². The number of likely N-dealkylation sites (N-methyl/N-ethyl adjacent to an activating group) is 1. The number of Topliss-reactive ketones (excluding diaryl/α,β-unsaturated/α-hetero) is 1. The van der Waals surface area contributed by atoms with E-state index >= 15 is 0 Å². The first-order chi connectivity index (χ1) is 20.0. The Hall–Kier alpha value is -2.05. The quantitative estimate of drug-likeness (QED) is 0.0569. The van der Waals surface area contributed by atoms with E-state index in [2.05, 4.69) is 0 Å². The van der Waals surface area contributed by atoms with E-state index in [1.807, 2.05) is 6.92 Å². The number of allylic oxidation sites excluding steroid dienone is 1. The van der Waals surface area contributed by atoms with Gasteiger partial charge in [-0.2, -0.15) is 0 Å². The molecule has 7 atom stereocenters. The lowest BCUT2D eigenvalue weighted by molar-refractivity contribution is -0.301. The first kappa shape index (κ1) is 36.1. The van der Waals surface area contributed by atoms with Crippen molar-refractivity contribution < 1.29 is 49.0 Å². The number of likely N-dealkylation sites (tertiary alicyclic amines) is 1. The third-order valence-electron chi connectivity index (χ3n) is 8.40. The van der Waals surface area contributed by atoms with Gasteiger partial charge in [-0.1, -0.05) is 77.6 Å². The zero-order chi connectivity index (χ0) is 31.2. The van der Waals surface area contributed by atoms with E-state index in [1.54, 1.807) is 14.0 Å². The van der Waals surface area contributed by atoms with Crippen LogP contribution in [0.1, 0.15) is 104 Å². The highest BCUT2D eigenvalue weighted by molar-refractivity contribution is 6.26. The minimum absolute atomic E-state index is 0.0331. The van der Waals surface area contributed by atoms with Crippen LogP contribution in [0.15, 0.2) is 11.3 Å². The summed E-state index contributed by atoms with van der Waals surface area (Å²) in [6.07, 6.45) is 7.66. The number of ketones is 1. The maximum absolute atomic E-state index is 12.3. The van der Waals surface area contributed by atoms with Gasteiger partial charge in [0.25, 0.3) is 5.91 Å². The Bertz CT molecular complexity index is 871. The number of amides is 1. The molecule has 242 valence electrons. The van der Waals surface area contributed by atoms with Crippen molar-refractivity contribution in [3.8, 4) is 0 Å². The standard InChI is InChI=1S/C31H53NO10/c1-20(25(34)24-26(35)21(2)32(4)30(24)39)17-15-13-11-9-7-5-6-8-10-12-14-16-18-40-31-29(38)28(37)27(36)23(42-31)19-41-22(3)33/h20-21,23,27-29,31,34,36-38H,5-19H2,1-4H3/t20?,21?,23-,27-,28+,29+,31-/m1/s1. The predicted molar refractivity (Wildman–Crippen MR) is 155 cm³/mol. The zero-order valence-corrected chi connectivity index (χ0v) is 25.8. The average molecular weight is 600 g/mol. The van der Waals surface area contributed by atoms with Crippen molar-refractivity contribution in [3.05, 3.63) is 11.3 Å². The summed E-state index contributed by atoms with van der Waals surface area (Å²) >= 11 is 0. The molecule has 4 N–H and O–H groups in total. The molecular weight excluding hydrogens is 546 g/mol. The Morgan fingerprint density at radius 1 is 0.881 bits per heavy atom. The average Bonchev–Trinajstić information content (AvgIpc) is 3.15.